The van der Waals surface area contributed by atoms with E-state index < -0.39 is 18.1 Å². The number of ether oxygens (including phenoxy) is 2. The molecule has 6 rings (SSSR count). The fourth-order valence-electron chi connectivity index (χ4n) is 5.23. The van der Waals surface area contributed by atoms with Gasteiger partial charge in [-0.3, -0.25) is 14.4 Å². The third-order valence-corrected chi connectivity index (χ3v) is 7.59. The van der Waals surface area contributed by atoms with Crippen molar-refractivity contribution in [3.05, 3.63) is 119 Å². The summed E-state index contributed by atoms with van der Waals surface area (Å²) in [6, 6.07) is 31.6. The van der Waals surface area contributed by atoms with E-state index in [1.807, 2.05) is 85.8 Å². The van der Waals surface area contributed by atoms with Crippen LogP contribution in [0.25, 0.3) is 0 Å². The van der Waals surface area contributed by atoms with Crippen LogP contribution in [-0.2, 0) is 21.0 Å². The minimum Gasteiger partial charge on any atom is -0.490 e. The first-order chi connectivity index (χ1) is 19.5. The van der Waals surface area contributed by atoms with Crippen LogP contribution >= 0.6 is 15.9 Å². The van der Waals surface area contributed by atoms with Gasteiger partial charge >= 0.3 is 0 Å². The molecule has 0 radical (unpaired) electrons. The highest BCUT2D eigenvalue weighted by molar-refractivity contribution is 9.10. The molecule has 2 aliphatic rings. The number of amides is 2. The molecule has 2 heterocycles. The number of benzene rings is 4. The summed E-state index contributed by atoms with van der Waals surface area (Å²) in [5.41, 5.74) is 3.09. The van der Waals surface area contributed by atoms with Crippen molar-refractivity contribution in [3.8, 4) is 11.5 Å². The zero-order chi connectivity index (χ0) is 27.6. The van der Waals surface area contributed by atoms with Crippen LogP contribution in [0.3, 0.4) is 0 Å². The molecule has 0 aliphatic carbocycles. The summed E-state index contributed by atoms with van der Waals surface area (Å²) >= 11 is 3.41. The van der Waals surface area contributed by atoms with E-state index in [4.69, 9.17) is 14.3 Å². The van der Waals surface area contributed by atoms with Crippen molar-refractivity contribution < 1.29 is 23.9 Å². The Morgan fingerprint density at radius 1 is 0.775 bits per heavy atom. The number of hydroxylamine groups is 1. The SMILES string of the molecule is CCOc1cc([C@@H]2[C@H]3C(=O)N(c4ccc(Br)cc4)C(=O)[C@H]3ON2c2ccccc2)ccc1OCc1ccccc1. The van der Waals surface area contributed by atoms with Gasteiger partial charge in [0.1, 0.15) is 12.5 Å². The number of hydrogen-bond acceptors (Lipinski definition) is 6. The average Bonchev–Trinajstić information content (AvgIpc) is 3.49. The van der Waals surface area contributed by atoms with Crippen LogP contribution in [0.1, 0.15) is 24.1 Å². The molecule has 202 valence electrons. The topological polar surface area (TPSA) is 68.3 Å². The molecule has 3 atom stereocenters. The van der Waals surface area contributed by atoms with Crippen molar-refractivity contribution in [2.24, 2.45) is 5.92 Å². The maximum Gasteiger partial charge on any atom is 0.266 e. The molecular weight excluding hydrogens is 572 g/mol. The Kier molecular flexibility index (Phi) is 7.28. The van der Waals surface area contributed by atoms with Crippen molar-refractivity contribution in [1.82, 2.24) is 0 Å². The Hall–Kier alpha value is -4.14. The summed E-state index contributed by atoms with van der Waals surface area (Å²) in [4.78, 5) is 35.0. The normalized spacial score (nSPS) is 20.1. The van der Waals surface area contributed by atoms with Gasteiger partial charge in [-0.05, 0) is 66.6 Å². The van der Waals surface area contributed by atoms with Crippen LogP contribution in [0.15, 0.2) is 108 Å². The van der Waals surface area contributed by atoms with Crippen LogP contribution in [0.4, 0.5) is 11.4 Å². The Bertz CT molecular complexity index is 1510. The van der Waals surface area contributed by atoms with Crippen LogP contribution in [-0.4, -0.2) is 24.5 Å². The van der Waals surface area contributed by atoms with Crippen molar-refractivity contribution in [3.63, 3.8) is 0 Å². The third-order valence-electron chi connectivity index (χ3n) is 7.06. The van der Waals surface area contributed by atoms with Gasteiger partial charge in [-0.15, -0.1) is 0 Å². The molecular formula is C32H27BrN2O5. The molecule has 7 nitrogen and oxygen atoms in total. The first-order valence-corrected chi connectivity index (χ1v) is 13.9. The monoisotopic (exact) mass is 598 g/mol. The molecule has 0 unspecified atom stereocenters. The van der Waals surface area contributed by atoms with Crippen LogP contribution in [0, 0.1) is 5.92 Å². The Morgan fingerprint density at radius 2 is 1.48 bits per heavy atom. The van der Waals surface area contributed by atoms with Crippen LogP contribution in [0.2, 0.25) is 0 Å². The summed E-state index contributed by atoms with van der Waals surface area (Å²) in [6.45, 7) is 2.74. The van der Waals surface area contributed by atoms with E-state index >= 15 is 0 Å². The predicted molar refractivity (Wildman–Crippen MR) is 155 cm³/mol. The standard InChI is InChI=1S/C32H27BrN2O5/c1-2-38-27-19-22(13-18-26(27)39-20-21-9-5-3-6-10-21)29-28-30(40-35(29)25-11-7-4-8-12-25)32(37)34(31(28)36)24-16-14-23(33)15-17-24/h3-19,28-30H,2,20H2,1H3/t28-,29-,30+/m1/s1. The molecule has 0 aromatic heterocycles. The summed E-state index contributed by atoms with van der Waals surface area (Å²) < 4.78 is 12.9. The van der Waals surface area contributed by atoms with Crippen molar-refractivity contribution in [1.29, 1.82) is 0 Å². The van der Waals surface area contributed by atoms with Crippen molar-refractivity contribution >= 4 is 39.1 Å². The second kappa shape index (κ2) is 11.2. The number of para-hydroxylation sites is 1. The summed E-state index contributed by atoms with van der Waals surface area (Å²) in [6.07, 6.45) is -0.953. The van der Waals surface area contributed by atoms with Gasteiger partial charge in [0.2, 0.25) is 5.91 Å². The number of fused-ring (bicyclic) bond motifs is 1. The molecule has 0 spiro atoms. The number of nitrogens with zero attached hydrogens (tertiary/aromatic N) is 2. The second-order valence-corrected chi connectivity index (χ2v) is 10.5. The molecule has 40 heavy (non-hydrogen) atoms. The fourth-order valence-corrected chi connectivity index (χ4v) is 5.49. The number of anilines is 2. The van der Waals surface area contributed by atoms with Gasteiger partial charge in [-0.2, -0.15) is 0 Å². The highest BCUT2D eigenvalue weighted by atomic mass is 79.9. The van der Waals surface area contributed by atoms with E-state index in [1.54, 1.807) is 29.3 Å². The molecule has 0 saturated carbocycles. The van der Waals surface area contributed by atoms with E-state index in [0.717, 1.165) is 21.3 Å². The number of imide groups is 1. The average molecular weight is 599 g/mol. The van der Waals surface area contributed by atoms with E-state index in [0.29, 0.717) is 30.4 Å². The van der Waals surface area contributed by atoms with Crippen molar-refractivity contribution in [2.45, 2.75) is 25.7 Å². The minimum absolute atomic E-state index is 0.303. The molecule has 4 aromatic rings. The molecule has 8 heteroatoms. The first kappa shape index (κ1) is 26.1. The highest BCUT2D eigenvalue weighted by Crippen LogP contribution is 2.48. The quantitative estimate of drug-likeness (QED) is 0.216. The number of halogens is 1. The van der Waals surface area contributed by atoms with Gasteiger partial charge in [0.25, 0.3) is 5.91 Å². The third kappa shape index (κ3) is 4.85. The molecule has 2 fully saturated rings. The lowest BCUT2D eigenvalue weighted by molar-refractivity contribution is -0.126. The van der Waals surface area contributed by atoms with E-state index in [1.165, 1.54) is 4.90 Å². The lowest BCUT2D eigenvalue weighted by Gasteiger charge is -2.29. The minimum atomic E-state index is -0.953. The lowest BCUT2D eigenvalue weighted by Crippen LogP contribution is -2.37. The smallest absolute Gasteiger partial charge is 0.266 e. The van der Waals surface area contributed by atoms with Gasteiger partial charge in [0.15, 0.2) is 17.6 Å². The van der Waals surface area contributed by atoms with Gasteiger partial charge in [0, 0.05) is 4.47 Å². The van der Waals surface area contributed by atoms with E-state index in [-0.39, 0.29) is 11.8 Å². The largest absolute Gasteiger partial charge is 0.490 e. The number of rotatable bonds is 8. The van der Waals surface area contributed by atoms with Gasteiger partial charge in [0.05, 0.1) is 24.0 Å². The fraction of sp³-hybridized carbons (Fsp3) is 0.188. The zero-order valence-corrected chi connectivity index (χ0v) is 23.4. The molecule has 0 bridgehead atoms. The first-order valence-electron chi connectivity index (χ1n) is 13.1. The van der Waals surface area contributed by atoms with Crippen LogP contribution < -0.4 is 19.4 Å². The van der Waals surface area contributed by atoms with Gasteiger partial charge in [-0.1, -0.05) is 70.5 Å². The molecule has 2 amide bonds. The molecule has 4 aromatic carbocycles. The summed E-state index contributed by atoms with van der Waals surface area (Å²) in [5, 5.41) is 1.68. The van der Waals surface area contributed by atoms with Gasteiger partial charge in [-0.25, -0.2) is 9.96 Å². The van der Waals surface area contributed by atoms with Gasteiger partial charge < -0.3 is 9.47 Å². The van der Waals surface area contributed by atoms with E-state index in [2.05, 4.69) is 15.9 Å². The summed E-state index contributed by atoms with van der Waals surface area (Å²) in [5.74, 6) is -0.269. The maximum atomic E-state index is 13.9. The number of carbonyl (C=O) groups is 2. The molecule has 2 aliphatic heterocycles. The van der Waals surface area contributed by atoms with E-state index in [9.17, 15) is 9.59 Å². The Morgan fingerprint density at radius 3 is 2.17 bits per heavy atom. The lowest BCUT2D eigenvalue weighted by atomic mass is 9.90. The molecule has 0 N–H and O–H groups in total. The second-order valence-electron chi connectivity index (χ2n) is 9.56. The highest BCUT2D eigenvalue weighted by Gasteiger charge is 2.60. The predicted octanol–water partition coefficient (Wildman–Crippen LogP) is 6.48. The number of carbonyl (C=O) groups excluding carboxylic acids is 2. The van der Waals surface area contributed by atoms with Crippen LogP contribution in [0.5, 0.6) is 11.5 Å². The number of hydrogen-bond donors (Lipinski definition) is 0. The Labute approximate surface area is 241 Å². The zero-order valence-electron chi connectivity index (χ0n) is 21.8. The molecule has 2 saturated heterocycles. The maximum absolute atomic E-state index is 13.9. The van der Waals surface area contributed by atoms with Crippen molar-refractivity contribution in [2.75, 3.05) is 16.6 Å². The Balaban J connectivity index is 1.37. The summed E-state index contributed by atoms with van der Waals surface area (Å²) in [7, 11) is 0.